The van der Waals surface area contributed by atoms with Crippen LogP contribution in [0.4, 0.5) is 11.5 Å². The zero-order valence-electron chi connectivity index (χ0n) is 13.0. The Hall–Kier alpha value is -2.73. The standard InChI is InChI=1S/C18H16N4OS/c23-18(22-9-7-13-4-1-2-6-16(13)22)15-5-3-8-19-17(15)20-10-14-11-24-12-21-14/h1-6,8,11-12H,7,9-10H2,(H,19,20). The molecule has 2 aromatic heterocycles. The minimum absolute atomic E-state index is 0.0196. The molecular weight excluding hydrogens is 320 g/mol. The number of rotatable bonds is 4. The van der Waals surface area contributed by atoms with E-state index in [-0.39, 0.29) is 5.91 Å². The number of pyridine rings is 1. The first kappa shape index (κ1) is 14.8. The largest absolute Gasteiger partial charge is 0.364 e. The van der Waals surface area contributed by atoms with E-state index in [9.17, 15) is 4.79 Å². The Morgan fingerprint density at radius 1 is 1.21 bits per heavy atom. The Morgan fingerprint density at radius 2 is 2.12 bits per heavy atom. The molecule has 5 nitrogen and oxygen atoms in total. The van der Waals surface area contributed by atoms with E-state index < -0.39 is 0 Å². The summed E-state index contributed by atoms with van der Waals surface area (Å²) in [5.74, 6) is 0.578. The fourth-order valence-electron chi connectivity index (χ4n) is 2.91. The minimum atomic E-state index is -0.0196. The first-order chi connectivity index (χ1) is 11.8. The predicted octanol–water partition coefficient (Wildman–Crippen LogP) is 3.35. The van der Waals surface area contributed by atoms with Crippen LogP contribution in [0.1, 0.15) is 21.6 Å². The molecule has 4 rings (SSSR count). The van der Waals surface area contributed by atoms with Crippen LogP contribution >= 0.6 is 11.3 Å². The molecule has 1 aliphatic heterocycles. The molecule has 0 aliphatic carbocycles. The lowest BCUT2D eigenvalue weighted by atomic mass is 10.1. The van der Waals surface area contributed by atoms with Crippen LogP contribution in [-0.2, 0) is 13.0 Å². The molecule has 0 saturated heterocycles. The van der Waals surface area contributed by atoms with E-state index in [1.54, 1.807) is 29.1 Å². The van der Waals surface area contributed by atoms with Gasteiger partial charge in [0.05, 0.1) is 23.3 Å². The molecule has 0 radical (unpaired) electrons. The lowest BCUT2D eigenvalue weighted by molar-refractivity contribution is 0.0990. The third-order valence-corrected chi connectivity index (χ3v) is 4.73. The first-order valence-corrected chi connectivity index (χ1v) is 8.73. The molecule has 120 valence electrons. The van der Waals surface area contributed by atoms with Gasteiger partial charge in [0.15, 0.2) is 0 Å². The van der Waals surface area contributed by atoms with Gasteiger partial charge in [0, 0.05) is 23.8 Å². The van der Waals surface area contributed by atoms with Crippen molar-refractivity contribution in [3.63, 3.8) is 0 Å². The number of carbonyl (C=O) groups is 1. The van der Waals surface area contributed by atoms with E-state index in [4.69, 9.17) is 0 Å². The molecule has 1 aliphatic rings. The van der Waals surface area contributed by atoms with E-state index in [1.807, 2.05) is 34.5 Å². The molecule has 1 aromatic carbocycles. The molecule has 0 spiro atoms. The van der Waals surface area contributed by atoms with Crippen LogP contribution in [0.5, 0.6) is 0 Å². The van der Waals surface area contributed by atoms with Crippen molar-refractivity contribution in [2.45, 2.75) is 13.0 Å². The molecular formula is C18H16N4OS. The van der Waals surface area contributed by atoms with Crippen molar-refractivity contribution in [2.75, 3.05) is 16.8 Å². The van der Waals surface area contributed by atoms with Crippen molar-refractivity contribution in [3.05, 3.63) is 70.3 Å². The van der Waals surface area contributed by atoms with Crippen molar-refractivity contribution < 1.29 is 4.79 Å². The second kappa shape index (κ2) is 6.41. The molecule has 3 heterocycles. The first-order valence-electron chi connectivity index (χ1n) is 7.78. The highest BCUT2D eigenvalue weighted by molar-refractivity contribution is 7.07. The topological polar surface area (TPSA) is 58.1 Å². The molecule has 0 fully saturated rings. The summed E-state index contributed by atoms with van der Waals surface area (Å²) in [6.07, 6.45) is 2.59. The SMILES string of the molecule is O=C(c1cccnc1NCc1cscn1)N1CCc2ccccc21. The number of nitrogens with zero attached hydrogens (tertiary/aromatic N) is 3. The Kier molecular flexibility index (Phi) is 3.96. The average Bonchev–Trinajstić information content (AvgIpc) is 3.29. The fourth-order valence-corrected chi connectivity index (χ4v) is 3.47. The maximum absolute atomic E-state index is 13.0. The molecule has 0 unspecified atom stereocenters. The number of carbonyl (C=O) groups excluding carboxylic acids is 1. The van der Waals surface area contributed by atoms with Crippen LogP contribution in [0, 0.1) is 0 Å². The van der Waals surface area contributed by atoms with Gasteiger partial charge in [-0.1, -0.05) is 18.2 Å². The summed E-state index contributed by atoms with van der Waals surface area (Å²) in [6, 6.07) is 11.7. The lowest BCUT2D eigenvalue weighted by Gasteiger charge is -2.19. The van der Waals surface area contributed by atoms with Gasteiger partial charge in [0.1, 0.15) is 5.82 Å². The van der Waals surface area contributed by atoms with Gasteiger partial charge in [-0.2, -0.15) is 0 Å². The maximum atomic E-state index is 13.0. The number of para-hydroxylation sites is 1. The molecule has 1 amide bonds. The normalized spacial score (nSPS) is 12.9. The van der Waals surface area contributed by atoms with Crippen LogP contribution in [0.2, 0.25) is 0 Å². The highest BCUT2D eigenvalue weighted by Gasteiger charge is 2.26. The highest BCUT2D eigenvalue weighted by atomic mass is 32.1. The Labute approximate surface area is 144 Å². The third kappa shape index (κ3) is 2.76. The van der Waals surface area contributed by atoms with E-state index in [1.165, 1.54) is 5.56 Å². The molecule has 24 heavy (non-hydrogen) atoms. The number of hydrogen-bond donors (Lipinski definition) is 1. The number of hydrogen-bond acceptors (Lipinski definition) is 5. The average molecular weight is 336 g/mol. The smallest absolute Gasteiger partial charge is 0.262 e. The van der Waals surface area contributed by atoms with Crippen LogP contribution in [0.15, 0.2) is 53.5 Å². The molecule has 0 bridgehead atoms. The van der Waals surface area contributed by atoms with E-state index in [0.29, 0.717) is 24.5 Å². The molecule has 6 heteroatoms. The van der Waals surface area contributed by atoms with Crippen LogP contribution in [0.3, 0.4) is 0 Å². The van der Waals surface area contributed by atoms with Crippen molar-refractivity contribution >= 4 is 28.7 Å². The summed E-state index contributed by atoms with van der Waals surface area (Å²) in [4.78, 5) is 23.4. The van der Waals surface area contributed by atoms with Gasteiger partial charge in [0.25, 0.3) is 5.91 Å². The van der Waals surface area contributed by atoms with E-state index in [2.05, 4.69) is 21.4 Å². The van der Waals surface area contributed by atoms with Gasteiger partial charge in [-0.05, 0) is 30.2 Å². The zero-order valence-corrected chi connectivity index (χ0v) is 13.8. The van der Waals surface area contributed by atoms with Crippen LogP contribution in [-0.4, -0.2) is 22.4 Å². The highest BCUT2D eigenvalue weighted by Crippen LogP contribution is 2.29. The summed E-state index contributed by atoms with van der Waals surface area (Å²) in [7, 11) is 0. The number of nitrogens with one attached hydrogen (secondary N) is 1. The Morgan fingerprint density at radius 3 is 3.00 bits per heavy atom. The summed E-state index contributed by atoms with van der Waals surface area (Å²) >= 11 is 1.55. The third-order valence-electron chi connectivity index (χ3n) is 4.09. The number of anilines is 2. The minimum Gasteiger partial charge on any atom is -0.364 e. The number of aromatic nitrogens is 2. The summed E-state index contributed by atoms with van der Waals surface area (Å²) in [5, 5.41) is 5.21. The van der Waals surface area contributed by atoms with Crippen molar-refractivity contribution in [1.29, 1.82) is 0 Å². The number of amides is 1. The lowest BCUT2D eigenvalue weighted by Crippen LogP contribution is -2.29. The molecule has 1 N–H and O–H groups in total. The Balaban J connectivity index is 1.59. The van der Waals surface area contributed by atoms with Gasteiger partial charge in [0.2, 0.25) is 0 Å². The summed E-state index contributed by atoms with van der Waals surface area (Å²) in [5.41, 5.74) is 5.53. The van der Waals surface area contributed by atoms with Crippen molar-refractivity contribution in [2.24, 2.45) is 0 Å². The predicted molar refractivity (Wildman–Crippen MR) is 95.5 cm³/mol. The van der Waals surface area contributed by atoms with Crippen molar-refractivity contribution in [1.82, 2.24) is 9.97 Å². The number of fused-ring (bicyclic) bond motifs is 1. The van der Waals surface area contributed by atoms with Crippen molar-refractivity contribution in [3.8, 4) is 0 Å². The molecule has 0 atom stereocenters. The van der Waals surface area contributed by atoms with Gasteiger partial charge in [-0.3, -0.25) is 4.79 Å². The van der Waals surface area contributed by atoms with Gasteiger partial charge < -0.3 is 10.2 Å². The maximum Gasteiger partial charge on any atom is 0.262 e. The monoisotopic (exact) mass is 336 g/mol. The van der Waals surface area contributed by atoms with Crippen LogP contribution < -0.4 is 10.2 Å². The quantitative estimate of drug-likeness (QED) is 0.794. The van der Waals surface area contributed by atoms with Gasteiger partial charge in [-0.15, -0.1) is 11.3 Å². The van der Waals surface area contributed by atoms with Gasteiger partial charge >= 0.3 is 0 Å². The second-order valence-corrected chi connectivity index (χ2v) is 6.29. The summed E-state index contributed by atoms with van der Waals surface area (Å²) < 4.78 is 0. The van der Waals surface area contributed by atoms with E-state index >= 15 is 0 Å². The fraction of sp³-hybridized carbons (Fsp3) is 0.167. The molecule has 0 saturated carbocycles. The Bertz CT molecular complexity index is 863. The molecule has 3 aromatic rings. The number of thiazole rings is 1. The van der Waals surface area contributed by atoms with Crippen LogP contribution in [0.25, 0.3) is 0 Å². The second-order valence-electron chi connectivity index (χ2n) is 5.57. The van der Waals surface area contributed by atoms with Gasteiger partial charge in [-0.25, -0.2) is 9.97 Å². The summed E-state index contributed by atoms with van der Waals surface area (Å²) in [6.45, 7) is 1.26. The number of benzene rings is 1. The zero-order chi connectivity index (χ0) is 16.4. The van der Waals surface area contributed by atoms with E-state index in [0.717, 1.165) is 17.8 Å².